The van der Waals surface area contributed by atoms with Gasteiger partial charge in [0, 0.05) is 12.2 Å². The van der Waals surface area contributed by atoms with E-state index in [0.29, 0.717) is 29.2 Å². The smallest absolute Gasteiger partial charge is 0.258 e. The minimum Gasteiger partial charge on any atom is -0.396 e. The van der Waals surface area contributed by atoms with Gasteiger partial charge in [0.2, 0.25) is 0 Å². The van der Waals surface area contributed by atoms with Gasteiger partial charge in [-0.25, -0.2) is 0 Å². The Kier molecular flexibility index (Phi) is 6.06. The summed E-state index contributed by atoms with van der Waals surface area (Å²) in [5.74, 6) is -1.33. The number of allylic oxidation sites excluding steroid dienone is 3. The Morgan fingerprint density at radius 2 is 2.08 bits per heavy atom. The molecular formula is C19H23NO4. The van der Waals surface area contributed by atoms with Gasteiger partial charge in [0.05, 0.1) is 11.6 Å². The third-order valence-corrected chi connectivity index (χ3v) is 4.19. The highest BCUT2D eigenvalue weighted by Crippen LogP contribution is 2.27. The number of carbonyl (C=O) groups is 2. The van der Waals surface area contributed by atoms with Crippen LogP contribution in [0.4, 0.5) is 5.69 Å². The molecule has 1 atom stereocenters. The minimum atomic E-state index is -0.661. The molecule has 1 aliphatic carbocycles. The summed E-state index contributed by atoms with van der Waals surface area (Å²) >= 11 is 0. The zero-order valence-corrected chi connectivity index (χ0v) is 14.0. The summed E-state index contributed by atoms with van der Waals surface area (Å²) in [6, 6.07) is 5.41. The predicted molar refractivity (Wildman–Crippen MR) is 91.9 cm³/mol. The molecule has 2 N–H and O–H groups in total. The number of nitrogens with zero attached hydrogens (tertiary/aromatic N) is 1. The van der Waals surface area contributed by atoms with Crippen molar-refractivity contribution in [3.63, 3.8) is 0 Å². The number of hydroxylamine groups is 1. The van der Waals surface area contributed by atoms with Crippen LogP contribution in [-0.2, 0) is 16.0 Å². The van der Waals surface area contributed by atoms with Gasteiger partial charge in [-0.2, -0.15) is 5.06 Å². The molecule has 24 heavy (non-hydrogen) atoms. The average molecular weight is 329 g/mol. The van der Waals surface area contributed by atoms with Crippen molar-refractivity contribution in [3.8, 4) is 0 Å². The molecule has 128 valence electrons. The van der Waals surface area contributed by atoms with E-state index >= 15 is 0 Å². The summed E-state index contributed by atoms with van der Waals surface area (Å²) in [4.78, 5) is 24.3. The third kappa shape index (κ3) is 3.99. The molecule has 0 fully saturated rings. The summed E-state index contributed by atoms with van der Waals surface area (Å²) in [5, 5.41) is 19.9. The largest absolute Gasteiger partial charge is 0.396 e. The van der Waals surface area contributed by atoms with E-state index in [9.17, 15) is 14.8 Å². The maximum absolute atomic E-state index is 12.6. The maximum atomic E-state index is 12.6. The van der Waals surface area contributed by atoms with Gasteiger partial charge < -0.3 is 5.11 Å². The highest BCUT2D eigenvalue weighted by atomic mass is 16.5. The SMILES string of the molecule is CC(=O)C1=CC=CCC1C(=O)N(O)c1ccc(CCCO)cc1C. The van der Waals surface area contributed by atoms with Crippen LogP contribution in [0.15, 0.2) is 42.0 Å². The lowest BCUT2D eigenvalue weighted by atomic mass is 9.88. The van der Waals surface area contributed by atoms with Crippen molar-refractivity contribution in [2.24, 2.45) is 5.92 Å². The van der Waals surface area contributed by atoms with Crippen LogP contribution in [0.1, 0.15) is 30.9 Å². The molecule has 0 aromatic heterocycles. The highest BCUT2D eigenvalue weighted by Gasteiger charge is 2.30. The van der Waals surface area contributed by atoms with Crippen molar-refractivity contribution >= 4 is 17.4 Å². The molecule has 5 heteroatoms. The molecule has 5 nitrogen and oxygen atoms in total. The Balaban J connectivity index is 2.20. The van der Waals surface area contributed by atoms with Gasteiger partial charge in [-0.3, -0.25) is 14.8 Å². The first kappa shape index (κ1) is 18.1. The first-order valence-corrected chi connectivity index (χ1v) is 8.06. The number of aryl methyl sites for hydroxylation is 2. The first-order chi connectivity index (χ1) is 11.5. The number of Topliss-reactive ketones (excluding diaryl/α,β-unsaturated/α-hetero) is 1. The number of hydrogen-bond donors (Lipinski definition) is 2. The predicted octanol–water partition coefficient (Wildman–Crippen LogP) is 2.73. The zero-order valence-electron chi connectivity index (χ0n) is 14.0. The van der Waals surface area contributed by atoms with Crippen LogP contribution >= 0.6 is 0 Å². The van der Waals surface area contributed by atoms with Crippen LogP contribution in [0.25, 0.3) is 0 Å². The van der Waals surface area contributed by atoms with Crippen LogP contribution < -0.4 is 5.06 Å². The lowest BCUT2D eigenvalue weighted by Gasteiger charge is -2.25. The standard InChI is InChI=1S/C19H23NO4/c1-13-12-15(6-5-11-21)9-10-18(13)20(24)19(23)17-8-4-3-7-16(17)14(2)22/h3-4,7,9-10,12,17,21,24H,5-6,8,11H2,1-2H3. The number of amides is 1. The normalized spacial score (nSPS) is 16.7. The van der Waals surface area contributed by atoms with Gasteiger partial charge in [0.1, 0.15) is 0 Å². The van der Waals surface area contributed by atoms with E-state index in [1.807, 2.05) is 25.1 Å². The molecule has 0 aliphatic heterocycles. The van der Waals surface area contributed by atoms with Crippen LogP contribution in [0.2, 0.25) is 0 Å². The summed E-state index contributed by atoms with van der Waals surface area (Å²) in [6.07, 6.45) is 7.00. The van der Waals surface area contributed by atoms with Gasteiger partial charge in [0.15, 0.2) is 5.78 Å². The number of carbonyl (C=O) groups excluding carboxylic acids is 2. The lowest BCUT2D eigenvalue weighted by molar-refractivity contribution is -0.128. The minimum absolute atomic E-state index is 0.126. The second kappa shape index (κ2) is 8.04. The highest BCUT2D eigenvalue weighted by molar-refractivity contribution is 6.04. The van der Waals surface area contributed by atoms with E-state index in [1.54, 1.807) is 18.2 Å². The molecular weight excluding hydrogens is 306 g/mol. The fraction of sp³-hybridized carbons (Fsp3) is 0.368. The fourth-order valence-electron chi connectivity index (χ4n) is 2.89. The number of anilines is 1. The first-order valence-electron chi connectivity index (χ1n) is 8.06. The average Bonchev–Trinajstić information content (AvgIpc) is 2.58. The van der Waals surface area contributed by atoms with Crippen LogP contribution in [0.3, 0.4) is 0 Å². The zero-order chi connectivity index (χ0) is 17.7. The third-order valence-electron chi connectivity index (χ3n) is 4.19. The van der Waals surface area contributed by atoms with E-state index in [-0.39, 0.29) is 12.4 Å². The van der Waals surface area contributed by atoms with Gasteiger partial charge in [-0.05, 0) is 50.3 Å². The molecule has 0 saturated heterocycles. The van der Waals surface area contributed by atoms with Crippen molar-refractivity contribution in [1.29, 1.82) is 0 Å². The van der Waals surface area contributed by atoms with E-state index in [0.717, 1.165) is 17.5 Å². The lowest BCUT2D eigenvalue weighted by Crippen LogP contribution is -2.36. The summed E-state index contributed by atoms with van der Waals surface area (Å²) in [5.41, 5.74) is 2.63. The molecule has 1 aliphatic rings. The molecule has 0 heterocycles. The number of rotatable bonds is 6. The van der Waals surface area contributed by atoms with Gasteiger partial charge in [0.25, 0.3) is 5.91 Å². The van der Waals surface area contributed by atoms with Crippen LogP contribution in [-0.4, -0.2) is 28.6 Å². The van der Waals surface area contributed by atoms with Crippen LogP contribution in [0, 0.1) is 12.8 Å². The number of benzene rings is 1. The molecule has 0 radical (unpaired) electrons. The van der Waals surface area contributed by atoms with Gasteiger partial charge in [-0.15, -0.1) is 0 Å². The van der Waals surface area contributed by atoms with E-state index in [1.165, 1.54) is 6.92 Å². The molecule has 1 aromatic rings. The Hall–Kier alpha value is -2.24. The topological polar surface area (TPSA) is 77.8 Å². The monoisotopic (exact) mass is 329 g/mol. The Labute approximate surface area is 141 Å². The summed E-state index contributed by atoms with van der Waals surface area (Å²) in [6.45, 7) is 3.37. The second-order valence-corrected chi connectivity index (χ2v) is 5.99. The molecule has 1 unspecified atom stereocenters. The molecule has 0 spiro atoms. The number of aliphatic hydroxyl groups is 1. The molecule has 0 saturated carbocycles. The van der Waals surface area contributed by atoms with E-state index < -0.39 is 11.8 Å². The molecule has 2 rings (SSSR count). The molecule has 1 aromatic carbocycles. The van der Waals surface area contributed by atoms with E-state index in [4.69, 9.17) is 5.11 Å². The number of aliphatic hydroxyl groups excluding tert-OH is 1. The summed E-state index contributed by atoms with van der Waals surface area (Å²) in [7, 11) is 0. The van der Waals surface area contributed by atoms with Crippen molar-refractivity contribution < 1.29 is 19.9 Å². The van der Waals surface area contributed by atoms with Crippen molar-refractivity contribution in [2.45, 2.75) is 33.1 Å². The quantitative estimate of drug-likeness (QED) is 0.621. The maximum Gasteiger partial charge on any atom is 0.258 e. The van der Waals surface area contributed by atoms with Gasteiger partial charge >= 0.3 is 0 Å². The molecule has 0 bridgehead atoms. The Bertz CT molecular complexity index is 691. The fourth-order valence-corrected chi connectivity index (χ4v) is 2.89. The van der Waals surface area contributed by atoms with E-state index in [2.05, 4.69) is 0 Å². The number of ketones is 1. The summed E-state index contributed by atoms with van der Waals surface area (Å²) < 4.78 is 0. The van der Waals surface area contributed by atoms with Gasteiger partial charge in [-0.1, -0.05) is 30.4 Å². The van der Waals surface area contributed by atoms with Crippen molar-refractivity contribution in [3.05, 3.63) is 53.1 Å². The van der Waals surface area contributed by atoms with Crippen molar-refractivity contribution in [1.82, 2.24) is 0 Å². The molecule has 1 amide bonds. The Morgan fingerprint density at radius 3 is 2.71 bits per heavy atom. The van der Waals surface area contributed by atoms with Crippen LogP contribution in [0.5, 0.6) is 0 Å². The Morgan fingerprint density at radius 1 is 1.33 bits per heavy atom. The second-order valence-electron chi connectivity index (χ2n) is 5.99. The number of hydrogen-bond acceptors (Lipinski definition) is 4. The van der Waals surface area contributed by atoms with Crippen molar-refractivity contribution in [2.75, 3.05) is 11.7 Å².